The van der Waals surface area contributed by atoms with Crippen LogP contribution in [0, 0.1) is 0 Å². The SMILES string of the molecule is O=C(O)C(Cc1ccccc1)N1C(=O)c2c(Cl)c(Cl)c(Cl)c(Cl)c2C1=O.O=C(O)[C@H](Cc1ccccc1)N1C(=O)c2c(Cl)c(Cl)c(Cl)c(Cl)c2C1=O.O=C(O)[C@H](Cc1ccccc1)N1C(=O)c2c(Cl)c(Cl)c(Cl)c(Cl)c2C1=O.O=C(O)[C@H](Cc1ccccc1)N1C(=O)c2c(Cl)c(Cl)c(Cl)c(Cl)c2C1=O.[Rh].[Rh]. The summed E-state index contributed by atoms with van der Waals surface area (Å²) in [4.78, 5) is 152. The molecular weight excluding hydrogens is 1900 g/mol. The van der Waals surface area contributed by atoms with Gasteiger partial charge in [-0.15, -0.1) is 0 Å². The Hall–Kier alpha value is -5.91. The molecule has 0 saturated carbocycles. The fourth-order valence-corrected chi connectivity index (χ4v) is 15.2. The van der Waals surface area contributed by atoms with E-state index >= 15 is 0 Å². The normalized spacial score (nSPS) is 14.3. The molecule has 4 N–H and O–H groups in total. The number of carbonyl (C=O) groups excluding carboxylic acids is 8. The zero-order valence-corrected chi connectivity index (χ0v) is 67.2. The number of carboxylic acid groups (broad SMARTS) is 4. The van der Waals surface area contributed by atoms with Crippen LogP contribution in [0.15, 0.2) is 121 Å². The molecule has 0 aromatic heterocycles. The van der Waals surface area contributed by atoms with Crippen LogP contribution in [0.4, 0.5) is 0 Å². The Bertz CT molecular complexity index is 4230. The molecule has 0 saturated heterocycles. The van der Waals surface area contributed by atoms with Crippen LogP contribution < -0.4 is 0 Å². The van der Waals surface area contributed by atoms with E-state index in [9.17, 15) is 78.0 Å². The summed E-state index contributed by atoms with van der Waals surface area (Å²) in [5.41, 5.74) is 0.650. The minimum atomic E-state index is -1.44. The van der Waals surface area contributed by atoms with Crippen LogP contribution >= 0.6 is 186 Å². The van der Waals surface area contributed by atoms with Gasteiger partial charge in [0.25, 0.3) is 47.3 Å². The van der Waals surface area contributed by atoms with E-state index in [1.54, 1.807) is 121 Å². The summed E-state index contributed by atoms with van der Waals surface area (Å²) in [6.45, 7) is 0. The fraction of sp³-hybridized carbons (Fsp3) is 0.118. The molecule has 8 aromatic carbocycles. The number of halogens is 16. The van der Waals surface area contributed by atoms with Crippen molar-refractivity contribution in [1.82, 2.24) is 19.6 Å². The largest absolute Gasteiger partial charge is 0.480 e. The summed E-state index contributed by atoms with van der Waals surface area (Å²) >= 11 is 96.1. The number of hydrogen-bond acceptors (Lipinski definition) is 12. The van der Waals surface area contributed by atoms with Crippen LogP contribution in [-0.2, 0) is 83.8 Å². The molecule has 0 fully saturated rings. The number of nitrogens with zero attached hydrogens (tertiary/aromatic N) is 4. The quantitative estimate of drug-likeness (QED) is 0.0302. The first-order valence-electron chi connectivity index (χ1n) is 29.0. The van der Waals surface area contributed by atoms with Gasteiger partial charge < -0.3 is 20.4 Å². The van der Waals surface area contributed by atoms with Crippen LogP contribution in [0.2, 0.25) is 80.4 Å². The molecule has 4 aliphatic heterocycles. The predicted octanol–water partition coefficient (Wildman–Crippen LogP) is 18.4. The van der Waals surface area contributed by atoms with Crippen molar-refractivity contribution in [3.8, 4) is 0 Å². The van der Waals surface area contributed by atoms with Crippen molar-refractivity contribution < 1.29 is 117 Å². The maximum absolute atomic E-state index is 12.8. The molecule has 1 unspecified atom stereocenters. The number of hydrogen-bond donors (Lipinski definition) is 4. The van der Waals surface area contributed by atoms with Crippen molar-refractivity contribution in [3.63, 3.8) is 0 Å². The number of benzene rings is 8. The van der Waals surface area contributed by atoms with Crippen LogP contribution in [0.1, 0.15) is 105 Å². The van der Waals surface area contributed by atoms with Crippen molar-refractivity contribution in [2.24, 2.45) is 0 Å². The van der Waals surface area contributed by atoms with E-state index in [1.165, 1.54) is 0 Å². The van der Waals surface area contributed by atoms with Gasteiger partial charge in [-0.3, -0.25) is 58.0 Å². The van der Waals surface area contributed by atoms with E-state index in [4.69, 9.17) is 186 Å². The molecule has 106 heavy (non-hydrogen) atoms. The van der Waals surface area contributed by atoms with Crippen molar-refractivity contribution in [2.75, 3.05) is 0 Å². The Morgan fingerprint density at radius 1 is 0.226 bits per heavy atom. The summed E-state index contributed by atoms with van der Waals surface area (Å²) in [7, 11) is 0. The van der Waals surface area contributed by atoms with E-state index < -0.39 is 95.3 Å². The Balaban J connectivity index is 0.000000196. The second kappa shape index (κ2) is 36.3. The average molecular weight is 1940 g/mol. The topological polar surface area (TPSA) is 299 Å². The zero-order valence-electron chi connectivity index (χ0n) is 51.9. The van der Waals surface area contributed by atoms with Crippen molar-refractivity contribution in [2.45, 2.75) is 49.9 Å². The summed E-state index contributed by atoms with van der Waals surface area (Å²) in [6, 6.07) is 28.7. The summed E-state index contributed by atoms with van der Waals surface area (Å²) in [5.74, 6) is -12.4. The van der Waals surface area contributed by atoms with Gasteiger partial charge in [0.1, 0.15) is 24.2 Å². The molecule has 8 aromatic rings. The zero-order chi connectivity index (χ0) is 76.7. The van der Waals surface area contributed by atoms with Gasteiger partial charge in [-0.1, -0.05) is 307 Å². The summed E-state index contributed by atoms with van der Waals surface area (Å²) in [5, 5.41) is 35.1. The van der Waals surface area contributed by atoms with E-state index in [0.29, 0.717) is 41.9 Å². The second-order valence-electron chi connectivity index (χ2n) is 22.1. The first-order valence-corrected chi connectivity index (χ1v) is 35.1. The second-order valence-corrected chi connectivity index (χ2v) is 28.2. The van der Waals surface area contributed by atoms with E-state index in [0.717, 1.165) is 0 Å². The molecule has 0 aliphatic carbocycles. The van der Waals surface area contributed by atoms with Gasteiger partial charge in [0.2, 0.25) is 0 Å². The number of aliphatic carboxylic acids is 4. The molecule has 38 heteroatoms. The molecule has 8 amide bonds. The smallest absolute Gasteiger partial charge is 0.327 e. The summed E-state index contributed by atoms with van der Waals surface area (Å²) < 4.78 is 0. The van der Waals surface area contributed by atoms with Gasteiger partial charge in [-0.2, -0.15) is 0 Å². The van der Waals surface area contributed by atoms with Gasteiger partial charge in [0.05, 0.1) is 125 Å². The molecule has 2 radical (unpaired) electrons. The standard InChI is InChI=1S/4C17H9Cl4NO4.2Rh/c4*18-11-9-10(12(19)14(21)13(11)20)16(24)22(15(9)23)8(17(25)26)6-7-4-2-1-3-5-7;;/h4*1-5,8H,6H2,(H,25,26);;/t3*8-;;;/m000.../s1. The molecule has 554 valence electrons. The van der Waals surface area contributed by atoms with Crippen LogP contribution in [0.3, 0.4) is 0 Å². The fourth-order valence-electron chi connectivity index (χ4n) is 11.1. The van der Waals surface area contributed by atoms with E-state index in [2.05, 4.69) is 0 Å². The van der Waals surface area contributed by atoms with Gasteiger partial charge >= 0.3 is 23.9 Å². The van der Waals surface area contributed by atoms with Crippen LogP contribution in [0.25, 0.3) is 0 Å². The predicted molar refractivity (Wildman–Crippen MR) is 394 cm³/mol. The minimum Gasteiger partial charge on any atom is -0.480 e. The molecule has 12 rings (SSSR count). The van der Waals surface area contributed by atoms with E-state index in [-0.39, 0.29) is 190 Å². The van der Waals surface area contributed by atoms with Gasteiger partial charge in [0.15, 0.2) is 0 Å². The first kappa shape index (κ1) is 87.3. The molecule has 20 nitrogen and oxygen atoms in total. The molecular formula is C68H36Cl16N4O16Rh2. The minimum absolute atomic E-state index is 0. The Morgan fingerprint density at radius 2 is 0.340 bits per heavy atom. The third-order valence-electron chi connectivity index (χ3n) is 16.0. The van der Waals surface area contributed by atoms with Crippen molar-refractivity contribution in [1.29, 1.82) is 0 Å². The molecule has 4 aliphatic rings. The molecule has 4 atom stereocenters. The van der Waals surface area contributed by atoms with Gasteiger partial charge in [-0.05, 0) is 22.3 Å². The third kappa shape index (κ3) is 16.9. The molecule has 0 bridgehead atoms. The van der Waals surface area contributed by atoms with Crippen molar-refractivity contribution in [3.05, 3.63) is 268 Å². The number of amides is 8. The Labute approximate surface area is 704 Å². The van der Waals surface area contributed by atoms with Crippen molar-refractivity contribution >= 4 is 257 Å². The van der Waals surface area contributed by atoms with Crippen LogP contribution in [-0.4, -0.2) is 135 Å². The van der Waals surface area contributed by atoms with E-state index in [1.807, 2.05) is 0 Å². The average Bonchev–Trinajstić information content (AvgIpc) is 1.61. The molecule has 4 heterocycles. The Kier molecular flexibility index (Phi) is 29.9. The maximum atomic E-state index is 12.8. The monoisotopic (exact) mass is 1930 g/mol. The third-order valence-corrected chi connectivity index (χ3v) is 23.2. The number of fused-ring (bicyclic) bond motifs is 4. The number of carbonyl (C=O) groups is 12. The van der Waals surface area contributed by atoms with Crippen LogP contribution in [0.5, 0.6) is 0 Å². The number of imide groups is 4. The first-order chi connectivity index (χ1) is 49.0. The maximum Gasteiger partial charge on any atom is 0.327 e. The number of carboxylic acids is 4. The molecule has 0 spiro atoms. The van der Waals surface area contributed by atoms with Gasteiger partial charge in [0, 0.05) is 64.6 Å². The Morgan fingerprint density at radius 3 is 0.443 bits per heavy atom. The number of rotatable bonds is 16. The van der Waals surface area contributed by atoms with Gasteiger partial charge in [-0.25, -0.2) is 19.2 Å². The summed E-state index contributed by atoms with van der Waals surface area (Å²) in [6.07, 6.45) is -0.284.